The number of halogens is 1. The number of piperidine rings is 1. The van der Waals surface area contributed by atoms with Gasteiger partial charge in [0.25, 0.3) is 5.91 Å². The maximum atomic E-state index is 15.3. The van der Waals surface area contributed by atoms with Gasteiger partial charge in [0.1, 0.15) is 6.17 Å². The van der Waals surface area contributed by atoms with Gasteiger partial charge >= 0.3 is 0 Å². The third-order valence-electron chi connectivity index (χ3n) is 5.00. The maximum Gasteiger partial charge on any atom is 0.264 e. The van der Waals surface area contributed by atoms with Crippen LogP contribution in [0.2, 0.25) is 0 Å². The minimum absolute atomic E-state index is 0.0625. The molecular weight excluding hydrogens is 317 g/mol. The van der Waals surface area contributed by atoms with Crippen molar-refractivity contribution >= 4 is 17.7 Å². The molecule has 9 heteroatoms. The third kappa shape index (κ3) is 3.42. The van der Waals surface area contributed by atoms with Crippen LogP contribution in [0, 0.1) is 5.92 Å². The summed E-state index contributed by atoms with van der Waals surface area (Å²) in [6.45, 7) is 1.97. The fraction of sp³-hybridized carbons (Fsp3) is 0.800. The van der Waals surface area contributed by atoms with Gasteiger partial charge < -0.3 is 10.2 Å². The van der Waals surface area contributed by atoms with Crippen LogP contribution in [0.1, 0.15) is 12.8 Å². The zero-order valence-corrected chi connectivity index (χ0v) is 13.8. The number of nitrogens with zero attached hydrogens (tertiary/aromatic N) is 2. The van der Waals surface area contributed by atoms with Crippen LogP contribution in [0.3, 0.4) is 0 Å². The van der Waals surface area contributed by atoms with Crippen molar-refractivity contribution < 1.29 is 18.8 Å². The summed E-state index contributed by atoms with van der Waals surface area (Å²) < 4.78 is 15.3. The number of piperazine rings is 2. The van der Waals surface area contributed by atoms with Gasteiger partial charge in [-0.2, -0.15) is 0 Å². The standard InChI is InChI=1S/C15H24FN5O3/c1-20-7-10(13(16)9-2-4-17-5-3-9)21(12(23)8-20)14-15(24)19-11(22)6-18-14/h9-10,13-14,17-18H,2-8H2,1H3,(H,19,22,24). The van der Waals surface area contributed by atoms with Crippen molar-refractivity contribution in [2.45, 2.75) is 31.2 Å². The van der Waals surface area contributed by atoms with E-state index in [-0.39, 0.29) is 24.9 Å². The molecule has 3 heterocycles. The lowest BCUT2D eigenvalue weighted by Gasteiger charge is -2.47. The van der Waals surface area contributed by atoms with E-state index in [9.17, 15) is 14.4 Å². The van der Waals surface area contributed by atoms with E-state index in [0.717, 1.165) is 13.1 Å². The first-order chi connectivity index (χ1) is 11.5. The fourth-order valence-electron chi connectivity index (χ4n) is 3.79. The third-order valence-corrected chi connectivity index (χ3v) is 5.00. The van der Waals surface area contributed by atoms with Crippen molar-refractivity contribution in [2.75, 3.05) is 39.8 Å². The molecule has 0 spiro atoms. The molecule has 0 aliphatic carbocycles. The molecule has 3 atom stereocenters. The number of amides is 3. The average molecular weight is 341 g/mol. The number of hydrogen-bond donors (Lipinski definition) is 3. The van der Waals surface area contributed by atoms with E-state index in [1.165, 1.54) is 4.90 Å². The Bertz CT molecular complexity index is 525. The highest BCUT2D eigenvalue weighted by Gasteiger charge is 2.46. The van der Waals surface area contributed by atoms with Gasteiger partial charge in [0, 0.05) is 6.54 Å². The molecule has 134 valence electrons. The Morgan fingerprint density at radius 2 is 1.92 bits per heavy atom. The monoisotopic (exact) mass is 341 g/mol. The molecule has 0 aromatic carbocycles. The van der Waals surface area contributed by atoms with Crippen LogP contribution in [0.4, 0.5) is 4.39 Å². The molecule has 0 saturated carbocycles. The Labute approximate surface area is 140 Å². The largest absolute Gasteiger partial charge is 0.317 e. The average Bonchev–Trinajstić information content (AvgIpc) is 2.55. The zero-order chi connectivity index (χ0) is 17.3. The van der Waals surface area contributed by atoms with Crippen LogP contribution in [-0.2, 0) is 14.4 Å². The highest BCUT2D eigenvalue weighted by Crippen LogP contribution is 2.28. The number of likely N-dealkylation sites (N-methyl/N-ethyl adjacent to an activating group) is 1. The van der Waals surface area contributed by atoms with E-state index < -0.39 is 30.2 Å². The van der Waals surface area contributed by atoms with Gasteiger partial charge in [-0.15, -0.1) is 0 Å². The lowest BCUT2D eigenvalue weighted by molar-refractivity contribution is -0.156. The van der Waals surface area contributed by atoms with E-state index >= 15 is 4.39 Å². The van der Waals surface area contributed by atoms with Gasteiger partial charge in [-0.1, -0.05) is 0 Å². The molecule has 3 N–H and O–H groups in total. The molecule has 3 saturated heterocycles. The molecule has 0 radical (unpaired) electrons. The molecule has 0 bridgehead atoms. The summed E-state index contributed by atoms with van der Waals surface area (Å²) in [7, 11) is 1.77. The predicted molar refractivity (Wildman–Crippen MR) is 83.6 cm³/mol. The number of rotatable bonds is 3. The second-order valence-electron chi connectivity index (χ2n) is 6.79. The molecule has 24 heavy (non-hydrogen) atoms. The molecule has 3 rings (SSSR count). The second-order valence-corrected chi connectivity index (χ2v) is 6.79. The first kappa shape index (κ1) is 17.2. The molecule has 3 aliphatic heterocycles. The molecule has 0 aromatic rings. The minimum atomic E-state index is -1.20. The summed E-state index contributed by atoms with van der Waals surface area (Å²) >= 11 is 0. The van der Waals surface area contributed by atoms with Crippen molar-refractivity contribution in [1.29, 1.82) is 0 Å². The van der Waals surface area contributed by atoms with Crippen LogP contribution in [-0.4, -0.2) is 85.7 Å². The number of carbonyl (C=O) groups excluding carboxylic acids is 3. The summed E-state index contributed by atoms with van der Waals surface area (Å²) in [5.41, 5.74) is 0. The van der Waals surface area contributed by atoms with Crippen LogP contribution < -0.4 is 16.0 Å². The van der Waals surface area contributed by atoms with Crippen LogP contribution in [0.25, 0.3) is 0 Å². The molecule has 0 aromatic heterocycles. The van der Waals surface area contributed by atoms with Crippen molar-refractivity contribution in [1.82, 2.24) is 25.8 Å². The first-order valence-electron chi connectivity index (χ1n) is 8.39. The van der Waals surface area contributed by atoms with Gasteiger partial charge in [-0.25, -0.2) is 4.39 Å². The first-order valence-corrected chi connectivity index (χ1v) is 8.39. The Kier molecular flexibility index (Phi) is 5.12. The van der Waals surface area contributed by atoms with E-state index in [1.807, 2.05) is 0 Å². The van der Waals surface area contributed by atoms with Gasteiger partial charge in [0.05, 0.1) is 19.1 Å². The van der Waals surface area contributed by atoms with Crippen LogP contribution in [0.15, 0.2) is 0 Å². The maximum absolute atomic E-state index is 15.3. The summed E-state index contributed by atoms with van der Waals surface area (Å²) in [4.78, 5) is 39.1. The number of hydrogen-bond acceptors (Lipinski definition) is 6. The second kappa shape index (κ2) is 7.12. The molecule has 3 fully saturated rings. The van der Waals surface area contributed by atoms with E-state index in [1.54, 1.807) is 11.9 Å². The van der Waals surface area contributed by atoms with Gasteiger partial charge in [-0.05, 0) is 38.9 Å². The molecule has 3 unspecified atom stereocenters. The summed E-state index contributed by atoms with van der Waals surface area (Å²) in [5.74, 6) is -1.46. The highest BCUT2D eigenvalue weighted by molar-refractivity contribution is 6.02. The molecule has 3 amide bonds. The Balaban J connectivity index is 1.81. The van der Waals surface area contributed by atoms with Gasteiger partial charge in [0.15, 0.2) is 6.17 Å². The van der Waals surface area contributed by atoms with Crippen LogP contribution >= 0.6 is 0 Å². The number of imide groups is 1. The Morgan fingerprint density at radius 3 is 2.58 bits per heavy atom. The topological polar surface area (TPSA) is 93.8 Å². The van der Waals surface area contributed by atoms with E-state index in [0.29, 0.717) is 19.4 Å². The van der Waals surface area contributed by atoms with E-state index in [4.69, 9.17) is 0 Å². The quantitative estimate of drug-likeness (QED) is 0.516. The normalized spacial score (nSPS) is 31.9. The SMILES string of the molecule is CN1CC(=O)N(C2NCC(=O)NC2=O)C(C(F)C2CCNCC2)C1. The Morgan fingerprint density at radius 1 is 1.21 bits per heavy atom. The number of nitrogens with one attached hydrogen (secondary N) is 3. The Hall–Kier alpha value is -1.58. The molecule has 8 nitrogen and oxygen atoms in total. The summed E-state index contributed by atoms with van der Waals surface area (Å²) in [6.07, 6.45) is -0.766. The van der Waals surface area contributed by atoms with Crippen molar-refractivity contribution in [3.8, 4) is 0 Å². The number of alkyl halides is 1. The van der Waals surface area contributed by atoms with Crippen molar-refractivity contribution in [3.63, 3.8) is 0 Å². The van der Waals surface area contributed by atoms with E-state index in [2.05, 4.69) is 16.0 Å². The lowest BCUT2D eigenvalue weighted by Crippen LogP contribution is -2.71. The van der Waals surface area contributed by atoms with Crippen LogP contribution in [0.5, 0.6) is 0 Å². The predicted octanol–water partition coefficient (Wildman–Crippen LogP) is -1.96. The minimum Gasteiger partial charge on any atom is -0.317 e. The number of carbonyl (C=O) groups is 3. The summed E-state index contributed by atoms with van der Waals surface area (Å²) in [5, 5.41) is 8.19. The summed E-state index contributed by atoms with van der Waals surface area (Å²) in [6, 6.07) is -0.698. The van der Waals surface area contributed by atoms with Gasteiger partial charge in [-0.3, -0.25) is 29.9 Å². The zero-order valence-electron chi connectivity index (χ0n) is 13.8. The molecule has 3 aliphatic rings. The highest BCUT2D eigenvalue weighted by atomic mass is 19.1. The fourth-order valence-corrected chi connectivity index (χ4v) is 3.79. The lowest BCUT2D eigenvalue weighted by atomic mass is 9.87. The molecular formula is C15H24FN5O3. The van der Waals surface area contributed by atoms with Crippen molar-refractivity contribution in [2.24, 2.45) is 5.92 Å². The van der Waals surface area contributed by atoms with Gasteiger partial charge in [0.2, 0.25) is 11.8 Å². The van der Waals surface area contributed by atoms with Crippen molar-refractivity contribution in [3.05, 3.63) is 0 Å². The smallest absolute Gasteiger partial charge is 0.264 e.